The fraction of sp³-hybridized carbons (Fsp3) is 0.600. The maximum atomic E-state index is 12.2. The molecule has 2 aromatic rings. The molecule has 0 unspecified atom stereocenters. The van der Waals surface area contributed by atoms with E-state index >= 15 is 0 Å². The third-order valence-electron chi connectivity index (χ3n) is 6.65. The molecule has 0 spiro atoms. The van der Waals surface area contributed by atoms with Crippen LogP contribution in [0.2, 0.25) is 0 Å². The zero-order valence-electron chi connectivity index (χ0n) is 21.0. The number of hydrogen-bond donors (Lipinski definition) is 3. The SMILES string of the molecule is CNC(=O)c1ccc(Nc2cc([C@H]3CC[C@@H](OC(=O)NC4(C)CC4)C3)nn2C(C)(C)C)c(C)n1. The number of rotatable bonds is 6. The quantitative estimate of drug-likeness (QED) is 0.581. The van der Waals surface area contributed by atoms with Crippen LogP contribution in [0.5, 0.6) is 0 Å². The van der Waals surface area contributed by atoms with Gasteiger partial charge in [0.25, 0.3) is 5.91 Å². The second-order valence-electron chi connectivity index (χ2n) is 10.8. The lowest BCUT2D eigenvalue weighted by atomic mass is 10.0. The summed E-state index contributed by atoms with van der Waals surface area (Å²) in [5.74, 6) is 0.881. The van der Waals surface area contributed by atoms with Crippen LogP contribution in [0.3, 0.4) is 0 Å². The number of hydrogen-bond acceptors (Lipinski definition) is 6. The maximum absolute atomic E-state index is 12.2. The topological polar surface area (TPSA) is 110 Å². The third kappa shape index (κ3) is 5.34. The third-order valence-corrected chi connectivity index (χ3v) is 6.65. The van der Waals surface area contributed by atoms with Gasteiger partial charge in [0, 0.05) is 24.6 Å². The van der Waals surface area contributed by atoms with Crippen molar-refractivity contribution in [2.75, 3.05) is 12.4 Å². The normalized spacial score (nSPS) is 21.1. The van der Waals surface area contributed by atoms with Gasteiger partial charge in [0.2, 0.25) is 0 Å². The number of nitrogens with zero attached hydrogens (tertiary/aromatic N) is 3. The van der Waals surface area contributed by atoms with E-state index in [1.807, 2.05) is 24.6 Å². The average molecular weight is 469 g/mol. The Hall–Kier alpha value is -3.10. The van der Waals surface area contributed by atoms with E-state index in [4.69, 9.17) is 9.84 Å². The van der Waals surface area contributed by atoms with E-state index in [-0.39, 0.29) is 35.1 Å². The van der Waals surface area contributed by atoms with Crippen molar-refractivity contribution in [3.8, 4) is 0 Å². The Morgan fingerprint density at radius 2 is 1.94 bits per heavy atom. The molecule has 2 heterocycles. The Balaban J connectivity index is 1.48. The van der Waals surface area contributed by atoms with Gasteiger partial charge in [0.05, 0.1) is 22.6 Å². The van der Waals surface area contributed by atoms with Crippen LogP contribution in [-0.2, 0) is 10.3 Å². The number of aromatic nitrogens is 3. The van der Waals surface area contributed by atoms with Crippen LogP contribution in [0.1, 0.15) is 87.6 Å². The van der Waals surface area contributed by atoms with Crippen LogP contribution in [0.4, 0.5) is 16.3 Å². The first-order chi connectivity index (χ1) is 16.0. The molecule has 2 atom stereocenters. The van der Waals surface area contributed by atoms with Crippen LogP contribution < -0.4 is 16.0 Å². The van der Waals surface area contributed by atoms with Gasteiger partial charge in [0.1, 0.15) is 17.6 Å². The predicted molar refractivity (Wildman–Crippen MR) is 131 cm³/mol. The number of nitrogens with one attached hydrogen (secondary N) is 3. The van der Waals surface area contributed by atoms with Gasteiger partial charge in [-0.05, 0) is 78.9 Å². The van der Waals surface area contributed by atoms with E-state index < -0.39 is 0 Å². The van der Waals surface area contributed by atoms with Crippen LogP contribution >= 0.6 is 0 Å². The molecule has 3 N–H and O–H groups in total. The molecule has 0 bridgehead atoms. The van der Waals surface area contributed by atoms with Crippen molar-refractivity contribution in [3.05, 3.63) is 35.3 Å². The van der Waals surface area contributed by atoms with Gasteiger partial charge in [-0.3, -0.25) is 4.79 Å². The van der Waals surface area contributed by atoms with Crippen LogP contribution in [-0.4, -0.2) is 45.5 Å². The predicted octanol–water partition coefficient (Wildman–Crippen LogP) is 4.36. The highest BCUT2D eigenvalue weighted by atomic mass is 16.6. The van der Waals surface area contributed by atoms with E-state index in [2.05, 4.69) is 47.8 Å². The molecule has 184 valence electrons. The molecule has 4 rings (SSSR count). The Kier molecular flexibility index (Phi) is 6.31. The molecule has 34 heavy (non-hydrogen) atoms. The standard InChI is InChI=1S/C25H36N6O3/c1-15-18(9-10-19(27-15)22(32)26-6)28-21-14-20(30-31(21)24(2,3)4)16-7-8-17(13-16)34-23(33)29-25(5)11-12-25/h9-10,14,16-17,28H,7-8,11-13H2,1-6H3,(H,26,32)(H,29,33)/t16-,17+/m0/s1. The zero-order chi connectivity index (χ0) is 24.7. The Bertz CT molecular complexity index is 1080. The van der Waals surface area contributed by atoms with Gasteiger partial charge in [-0.1, -0.05) is 0 Å². The number of anilines is 2. The van der Waals surface area contributed by atoms with Crippen molar-refractivity contribution in [3.63, 3.8) is 0 Å². The summed E-state index contributed by atoms with van der Waals surface area (Å²) in [5.41, 5.74) is 2.61. The second kappa shape index (κ2) is 8.92. The minimum absolute atomic E-state index is 0.0767. The second-order valence-corrected chi connectivity index (χ2v) is 10.8. The van der Waals surface area contributed by atoms with E-state index in [1.165, 1.54) is 0 Å². The summed E-state index contributed by atoms with van der Waals surface area (Å²) in [4.78, 5) is 28.5. The van der Waals surface area contributed by atoms with Crippen LogP contribution in [0, 0.1) is 6.92 Å². The molecule has 2 aliphatic carbocycles. The maximum Gasteiger partial charge on any atom is 0.407 e. The lowest BCUT2D eigenvalue weighted by Gasteiger charge is -2.23. The molecular formula is C25H36N6O3. The molecule has 2 aromatic heterocycles. The highest BCUT2D eigenvalue weighted by Gasteiger charge is 2.40. The summed E-state index contributed by atoms with van der Waals surface area (Å²) in [7, 11) is 1.59. The fourth-order valence-electron chi connectivity index (χ4n) is 4.34. The van der Waals surface area contributed by atoms with Gasteiger partial charge < -0.3 is 20.7 Å². The van der Waals surface area contributed by atoms with Crippen LogP contribution in [0.15, 0.2) is 18.2 Å². The van der Waals surface area contributed by atoms with Crippen molar-refractivity contribution >= 4 is 23.5 Å². The van der Waals surface area contributed by atoms with Gasteiger partial charge in [-0.2, -0.15) is 5.10 Å². The number of amides is 2. The summed E-state index contributed by atoms with van der Waals surface area (Å²) < 4.78 is 7.68. The first kappa shape index (κ1) is 24.0. The molecule has 0 radical (unpaired) electrons. The molecule has 0 saturated heterocycles. The highest BCUT2D eigenvalue weighted by molar-refractivity contribution is 5.92. The van der Waals surface area contributed by atoms with Crippen molar-refractivity contribution < 1.29 is 14.3 Å². The first-order valence-electron chi connectivity index (χ1n) is 12.0. The average Bonchev–Trinajstić information content (AvgIpc) is 3.15. The van der Waals surface area contributed by atoms with E-state index in [0.29, 0.717) is 5.69 Å². The van der Waals surface area contributed by atoms with Crippen molar-refractivity contribution in [2.24, 2.45) is 0 Å². The number of ether oxygens (including phenoxy) is 1. The molecule has 0 aliphatic heterocycles. The van der Waals surface area contributed by atoms with Gasteiger partial charge in [0.15, 0.2) is 0 Å². The van der Waals surface area contributed by atoms with Crippen molar-refractivity contribution in [1.29, 1.82) is 0 Å². The summed E-state index contributed by atoms with van der Waals surface area (Å²) in [6.45, 7) is 10.2. The number of aryl methyl sites for hydroxylation is 1. The number of pyridine rings is 1. The first-order valence-corrected chi connectivity index (χ1v) is 12.0. The highest BCUT2D eigenvalue weighted by Crippen LogP contribution is 2.39. The summed E-state index contributed by atoms with van der Waals surface area (Å²) in [5, 5.41) is 14.0. The molecular weight excluding hydrogens is 432 g/mol. The number of carbonyl (C=O) groups excluding carboxylic acids is 2. The summed E-state index contributed by atoms with van der Waals surface area (Å²) in [6.07, 6.45) is 4.16. The largest absolute Gasteiger partial charge is 0.446 e. The van der Waals surface area contributed by atoms with E-state index in [9.17, 15) is 9.59 Å². The summed E-state index contributed by atoms with van der Waals surface area (Å²) in [6, 6.07) is 5.65. The lowest BCUT2D eigenvalue weighted by Crippen LogP contribution is -2.36. The molecule has 9 heteroatoms. The van der Waals surface area contributed by atoms with E-state index in [0.717, 1.165) is 55.0 Å². The van der Waals surface area contributed by atoms with Gasteiger partial charge in [-0.15, -0.1) is 0 Å². The van der Waals surface area contributed by atoms with Gasteiger partial charge in [-0.25, -0.2) is 14.5 Å². The van der Waals surface area contributed by atoms with Crippen molar-refractivity contribution in [1.82, 2.24) is 25.4 Å². The molecule has 2 amide bonds. The molecule has 2 saturated carbocycles. The molecule has 9 nitrogen and oxygen atoms in total. The van der Waals surface area contributed by atoms with E-state index in [1.54, 1.807) is 13.1 Å². The minimum atomic E-state index is -0.309. The Morgan fingerprint density at radius 1 is 1.21 bits per heavy atom. The monoisotopic (exact) mass is 468 g/mol. The lowest BCUT2D eigenvalue weighted by molar-refractivity contribution is 0.0952. The molecule has 0 aromatic carbocycles. The minimum Gasteiger partial charge on any atom is -0.446 e. The Labute approximate surface area is 201 Å². The fourth-order valence-corrected chi connectivity index (χ4v) is 4.34. The van der Waals surface area contributed by atoms with Crippen molar-refractivity contribution in [2.45, 2.75) is 89.8 Å². The smallest absolute Gasteiger partial charge is 0.407 e. The Morgan fingerprint density at radius 3 is 2.56 bits per heavy atom. The molecule has 2 fully saturated rings. The summed E-state index contributed by atoms with van der Waals surface area (Å²) >= 11 is 0. The molecule has 2 aliphatic rings. The number of carbonyl (C=O) groups is 2. The zero-order valence-corrected chi connectivity index (χ0v) is 21.0. The van der Waals surface area contributed by atoms with Crippen LogP contribution in [0.25, 0.3) is 0 Å². The van der Waals surface area contributed by atoms with Gasteiger partial charge >= 0.3 is 6.09 Å². The number of alkyl carbamates (subject to hydrolysis) is 1.